The SMILES string of the molecule is Cc1ccc(NCC2(O)CCCC2)c(Br)c1. The maximum Gasteiger partial charge on any atom is 0.0819 e. The van der Waals surface area contributed by atoms with Crippen LogP contribution in [0.2, 0.25) is 0 Å². The molecule has 2 nitrogen and oxygen atoms in total. The van der Waals surface area contributed by atoms with Crippen LogP contribution in [0.3, 0.4) is 0 Å². The lowest BCUT2D eigenvalue weighted by Gasteiger charge is -2.23. The Morgan fingerprint density at radius 1 is 1.38 bits per heavy atom. The fourth-order valence-corrected chi connectivity index (χ4v) is 2.87. The summed E-state index contributed by atoms with van der Waals surface area (Å²) in [5.41, 5.74) is 1.80. The quantitative estimate of drug-likeness (QED) is 0.890. The van der Waals surface area contributed by atoms with E-state index in [-0.39, 0.29) is 0 Å². The van der Waals surface area contributed by atoms with Gasteiger partial charge in [-0.15, -0.1) is 0 Å². The monoisotopic (exact) mass is 283 g/mol. The molecule has 0 radical (unpaired) electrons. The zero-order chi connectivity index (χ0) is 11.6. The van der Waals surface area contributed by atoms with Crippen molar-refractivity contribution in [2.24, 2.45) is 0 Å². The third-order valence-electron chi connectivity index (χ3n) is 3.27. The number of aliphatic hydroxyl groups is 1. The van der Waals surface area contributed by atoms with Gasteiger partial charge in [-0.1, -0.05) is 18.9 Å². The number of hydrogen-bond acceptors (Lipinski definition) is 2. The van der Waals surface area contributed by atoms with Crippen LogP contribution >= 0.6 is 15.9 Å². The van der Waals surface area contributed by atoms with Gasteiger partial charge in [-0.25, -0.2) is 0 Å². The Morgan fingerprint density at radius 3 is 2.69 bits per heavy atom. The van der Waals surface area contributed by atoms with Gasteiger partial charge in [0.2, 0.25) is 0 Å². The molecule has 1 aromatic carbocycles. The van der Waals surface area contributed by atoms with Crippen molar-refractivity contribution in [1.82, 2.24) is 0 Å². The Balaban J connectivity index is 1.99. The average molecular weight is 284 g/mol. The summed E-state index contributed by atoms with van der Waals surface area (Å²) in [6.45, 7) is 2.72. The van der Waals surface area contributed by atoms with Crippen LogP contribution in [0.4, 0.5) is 5.69 Å². The normalized spacial score (nSPS) is 18.7. The highest BCUT2D eigenvalue weighted by atomic mass is 79.9. The summed E-state index contributed by atoms with van der Waals surface area (Å²) in [4.78, 5) is 0. The van der Waals surface area contributed by atoms with Gasteiger partial charge in [0.05, 0.1) is 5.60 Å². The number of anilines is 1. The summed E-state index contributed by atoms with van der Waals surface area (Å²) >= 11 is 3.53. The largest absolute Gasteiger partial charge is 0.388 e. The molecule has 1 fully saturated rings. The van der Waals surface area contributed by atoms with Gasteiger partial charge in [0.15, 0.2) is 0 Å². The zero-order valence-electron chi connectivity index (χ0n) is 9.59. The van der Waals surface area contributed by atoms with Crippen LogP contribution in [-0.4, -0.2) is 17.3 Å². The smallest absolute Gasteiger partial charge is 0.0819 e. The lowest BCUT2D eigenvalue weighted by Crippen LogP contribution is -2.33. The third-order valence-corrected chi connectivity index (χ3v) is 3.92. The van der Waals surface area contributed by atoms with E-state index in [1.807, 2.05) is 0 Å². The first-order valence-corrected chi connectivity index (χ1v) is 6.61. The van der Waals surface area contributed by atoms with Gasteiger partial charge in [0.1, 0.15) is 0 Å². The van der Waals surface area contributed by atoms with E-state index < -0.39 is 5.60 Å². The summed E-state index contributed by atoms with van der Waals surface area (Å²) < 4.78 is 1.06. The molecule has 1 aromatic rings. The number of hydrogen-bond donors (Lipinski definition) is 2. The minimum absolute atomic E-state index is 0.496. The molecule has 16 heavy (non-hydrogen) atoms. The molecular formula is C13H18BrNO. The Kier molecular flexibility index (Phi) is 3.55. The first kappa shape index (κ1) is 11.9. The molecule has 2 N–H and O–H groups in total. The molecule has 1 aliphatic rings. The van der Waals surface area contributed by atoms with Crippen LogP contribution in [0.1, 0.15) is 31.2 Å². The molecule has 0 atom stereocenters. The van der Waals surface area contributed by atoms with Crippen LogP contribution in [0.15, 0.2) is 22.7 Å². The van der Waals surface area contributed by atoms with Gasteiger partial charge in [-0.3, -0.25) is 0 Å². The maximum atomic E-state index is 10.2. The zero-order valence-corrected chi connectivity index (χ0v) is 11.2. The number of aryl methyl sites for hydroxylation is 1. The van der Waals surface area contributed by atoms with Crippen molar-refractivity contribution in [1.29, 1.82) is 0 Å². The van der Waals surface area contributed by atoms with Crippen molar-refractivity contribution in [2.75, 3.05) is 11.9 Å². The van der Waals surface area contributed by atoms with Gasteiger partial charge in [0, 0.05) is 16.7 Å². The highest BCUT2D eigenvalue weighted by molar-refractivity contribution is 9.10. The minimum atomic E-state index is -0.496. The molecule has 0 spiro atoms. The lowest BCUT2D eigenvalue weighted by atomic mass is 10.0. The van der Waals surface area contributed by atoms with Crippen molar-refractivity contribution >= 4 is 21.6 Å². The van der Waals surface area contributed by atoms with Gasteiger partial charge in [-0.2, -0.15) is 0 Å². The summed E-state index contributed by atoms with van der Waals surface area (Å²) in [7, 11) is 0. The van der Waals surface area contributed by atoms with Gasteiger partial charge in [0.25, 0.3) is 0 Å². The second-order valence-electron chi connectivity index (χ2n) is 4.77. The second-order valence-corrected chi connectivity index (χ2v) is 5.62. The van der Waals surface area contributed by atoms with E-state index in [0.29, 0.717) is 6.54 Å². The average Bonchev–Trinajstić information content (AvgIpc) is 2.64. The molecule has 0 heterocycles. The molecule has 0 unspecified atom stereocenters. The first-order chi connectivity index (χ1) is 7.59. The minimum Gasteiger partial charge on any atom is -0.388 e. The van der Waals surface area contributed by atoms with Gasteiger partial charge in [-0.05, 0) is 53.4 Å². The molecule has 0 amide bonds. The fourth-order valence-electron chi connectivity index (χ4n) is 2.23. The molecule has 0 bridgehead atoms. The van der Waals surface area contributed by atoms with Crippen LogP contribution < -0.4 is 5.32 Å². The first-order valence-electron chi connectivity index (χ1n) is 5.81. The highest BCUT2D eigenvalue weighted by Gasteiger charge is 2.30. The van der Waals surface area contributed by atoms with Crippen molar-refractivity contribution in [3.05, 3.63) is 28.2 Å². The second kappa shape index (κ2) is 4.76. The van der Waals surface area contributed by atoms with E-state index in [9.17, 15) is 5.11 Å². The predicted molar refractivity (Wildman–Crippen MR) is 70.8 cm³/mol. The Hall–Kier alpha value is -0.540. The summed E-state index contributed by atoms with van der Waals surface area (Å²) in [6, 6.07) is 6.21. The van der Waals surface area contributed by atoms with Gasteiger partial charge >= 0.3 is 0 Å². The molecular weight excluding hydrogens is 266 g/mol. The molecule has 0 aliphatic heterocycles. The van der Waals surface area contributed by atoms with Crippen molar-refractivity contribution < 1.29 is 5.11 Å². The molecule has 0 aromatic heterocycles. The van der Waals surface area contributed by atoms with E-state index in [2.05, 4.69) is 46.4 Å². The van der Waals surface area contributed by atoms with Crippen molar-refractivity contribution in [3.63, 3.8) is 0 Å². The van der Waals surface area contributed by atoms with Crippen LogP contribution in [0.5, 0.6) is 0 Å². The lowest BCUT2D eigenvalue weighted by molar-refractivity contribution is 0.0614. The molecule has 0 saturated heterocycles. The fraction of sp³-hybridized carbons (Fsp3) is 0.538. The third kappa shape index (κ3) is 2.77. The number of rotatable bonds is 3. The Labute approximate surface area is 105 Å². The van der Waals surface area contributed by atoms with E-state index in [1.165, 1.54) is 5.56 Å². The van der Waals surface area contributed by atoms with E-state index in [4.69, 9.17) is 0 Å². The highest BCUT2D eigenvalue weighted by Crippen LogP contribution is 2.31. The topological polar surface area (TPSA) is 32.3 Å². The van der Waals surface area contributed by atoms with Gasteiger partial charge < -0.3 is 10.4 Å². The molecule has 2 rings (SSSR count). The molecule has 1 saturated carbocycles. The van der Waals surface area contributed by atoms with Crippen molar-refractivity contribution in [3.8, 4) is 0 Å². The Bertz CT molecular complexity index is 372. The van der Waals surface area contributed by atoms with Crippen LogP contribution in [-0.2, 0) is 0 Å². The molecule has 88 valence electrons. The van der Waals surface area contributed by atoms with E-state index in [1.54, 1.807) is 0 Å². The molecule has 3 heteroatoms. The van der Waals surface area contributed by atoms with E-state index >= 15 is 0 Å². The maximum absolute atomic E-state index is 10.2. The summed E-state index contributed by atoms with van der Waals surface area (Å²) in [5.74, 6) is 0. The molecule has 1 aliphatic carbocycles. The van der Waals surface area contributed by atoms with E-state index in [0.717, 1.165) is 35.8 Å². The number of nitrogens with one attached hydrogen (secondary N) is 1. The summed E-state index contributed by atoms with van der Waals surface area (Å²) in [5, 5.41) is 13.5. The van der Waals surface area contributed by atoms with Crippen molar-refractivity contribution in [2.45, 2.75) is 38.2 Å². The standard InChI is InChI=1S/C13H18BrNO/c1-10-4-5-12(11(14)8-10)15-9-13(16)6-2-3-7-13/h4-5,8,15-16H,2-3,6-7,9H2,1H3. The Morgan fingerprint density at radius 2 is 2.06 bits per heavy atom. The number of halogens is 1. The number of benzene rings is 1. The summed E-state index contributed by atoms with van der Waals surface area (Å²) in [6.07, 6.45) is 4.13. The van der Waals surface area contributed by atoms with Crippen LogP contribution in [0.25, 0.3) is 0 Å². The van der Waals surface area contributed by atoms with Crippen LogP contribution in [0, 0.1) is 6.92 Å². The predicted octanol–water partition coefficient (Wildman–Crippen LogP) is 3.47.